The van der Waals surface area contributed by atoms with Crippen molar-refractivity contribution in [3.05, 3.63) is 47.5 Å². The Balaban J connectivity index is 2.46. The van der Waals surface area contributed by atoms with Crippen LogP contribution in [0.5, 0.6) is 0 Å². The maximum absolute atomic E-state index is 12.6. The van der Waals surface area contributed by atoms with E-state index < -0.39 is 10.0 Å². The van der Waals surface area contributed by atoms with Crippen LogP contribution in [0.3, 0.4) is 0 Å². The summed E-state index contributed by atoms with van der Waals surface area (Å²) in [6.07, 6.45) is 3.73. The zero-order valence-electron chi connectivity index (χ0n) is 11.5. The largest absolute Gasteiger partial charge is 0.278 e. The molecule has 0 spiro atoms. The summed E-state index contributed by atoms with van der Waals surface area (Å²) in [6, 6.07) is 12.1. The highest BCUT2D eigenvalue weighted by molar-refractivity contribution is 8.00. The van der Waals surface area contributed by atoms with Gasteiger partial charge in [0, 0.05) is 14.8 Å². The summed E-state index contributed by atoms with van der Waals surface area (Å²) in [6.45, 7) is 0. The first-order chi connectivity index (χ1) is 9.97. The smallest absolute Gasteiger partial charge is 0.263 e. The van der Waals surface area contributed by atoms with Crippen LogP contribution in [0.25, 0.3) is 0 Å². The molecule has 0 amide bonds. The Morgan fingerprint density at radius 3 is 2.33 bits per heavy atom. The molecule has 2 aromatic rings. The lowest BCUT2D eigenvalue weighted by atomic mass is 10.3. The van der Waals surface area contributed by atoms with Gasteiger partial charge in [-0.1, -0.05) is 23.7 Å². The first-order valence-corrected chi connectivity index (χ1v) is 10.3. The van der Waals surface area contributed by atoms with Gasteiger partial charge in [-0.3, -0.25) is 4.72 Å². The summed E-state index contributed by atoms with van der Waals surface area (Å²) in [7, 11) is -3.68. The van der Waals surface area contributed by atoms with Crippen LogP contribution < -0.4 is 4.72 Å². The summed E-state index contributed by atoms with van der Waals surface area (Å²) in [5.74, 6) is 0. The molecular formula is C14H14ClNO2S3. The van der Waals surface area contributed by atoms with Crippen molar-refractivity contribution in [1.29, 1.82) is 0 Å². The Bertz CT molecular complexity index is 748. The average molecular weight is 360 g/mol. The van der Waals surface area contributed by atoms with Gasteiger partial charge in [0.15, 0.2) is 0 Å². The molecule has 0 saturated heterocycles. The lowest BCUT2D eigenvalue weighted by molar-refractivity contribution is 0.599. The van der Waals surface area contributed by atoms with Gasteiger partial charge >= 0.3 is 0 Å². The predicted octanol–water partition coefficient (Wildman–Crippen LogP) is 4.58. The molecule has 2 rings (SSSR count). The zero-order chi connectivity index (χ0) is 15.5. The van der Waals surface area contributed by atoms with Crippen LogP contribution in [0.1, 0.15) is 0 Å². The Labute approximate surface area is 138 Å². The van der Waals surface area contributed by atoms with Crippen molar-refractivity contribution in [3.63, 3.8) is 0 Å². The Kier molecular flexibility index (Phi) is 5.48. The van der Waals surface area contributed by atoms with Gasteiger partial charge in [0.2, 0.25) is 0 Å². The molecule has 0 saturated carbocycles. The Morgan fingerprint density at radius 2 is 1.67 bits per heavy atom. The number of hydrogen-bond acceptors (Lipinski definition) is 4. The van der Waals surface area contributed by atoms with Gasteiger partial charge < -0.3 is 0 Å². The van der Waals surface area contributed by atoms with Crippen LogP contribution >= 0.6 is 35.1 Å². The minimum absolute atomic E-state index is 0.193. The van der Waals surface area contributed by atoms with E-state index in [9.17, 15) is 8.42 Å². The first-order valence-electron chi connectivity index (χ1n) is 5.97. The van der Waals surface area contributed by atoms with Gasteiger partial charge in [-0.25, -0.2) is 8.42 Å². The number of nitrogens with one attached hydrogen (secondary N) is 1. The van der Waals surface area contributed by atoms with Crippen molar-refractivity contribution in [2.24, 2.45) is 0 Å². The fourth-order valence-electron chi connectivity index (χ4n) is 1.79. The third-order valence-corrected chi connectivity index (χ3v) is 6.13. The summed E-state index contributed by atoms with van der Waals surface area (Å²) >= 11 is 8.79. The molecule has 0 aromatic heterocycles. The quantitative estimate of drug-likeness (QED) is 0.793. The van der Waals surface area contributed by atoms with E-state index in [1.54, 1.807) is 24.3 Å². The monoisotopic (exact) mass is 359 g/mol. The van der Waals surface area contributed by atoms with Gasteiger partial charge in [-0.15, -0.1) is 23.5 Å². The number of para-hydroxylation sites is 1. The van der Waals surface area contributed by atoms with Gasteiger partial charge in [-0.05, 0) is 42.8 Å². The highest BCUT2D eigenvalue weighted by Crippen LogP contribution is 2.31. The SMILES string of the molecule is CSc1ccccc1NS(=O)(=O)c1cc(Cl)ccc1SC. The van der Waals surface area contributed by atoms with Crippen LogP contribution in [0.4, 0.5) is 5.69 Å². The maximum Gasteiger partial charge on any atom is 0.263 e. The van der Waals surface area contributed by atoms with E-state index >= 15 is 0 Å². The molecule has 1 N–H and O–H groups in total. The molecule has 112 valence electrons. The highest BCUT2D eigenvalue weighted by atomic mass is 35.5. The molecule has 0 aliphatic rings. The number of anilines is 1. The van der Waals surface area contributed by atoms with Gasteiger partial charge in [0.1, 0.15) is 4.90 Å². The van der Waals surface area contributed by atoms with Crippen LogP contribution in [0.2, 0.25) is 5.02 Å². The molecule has 0 unspecified atom stereocenters. The van der Waals surface area contributed by atoms with E-state index in [-0.39, 0.29) is 4.90 Å². The third-order valence-electron chi connectivity index (χ3n) is 2.77. The number of hydrogen-bond donors (Lipinski definition) is 1. The second-order valence-electron chi connectivity index (χ2n) is 4.10. The molecule has 0 heterocycles. The third kappa shape index (κ3) is 3.88. The minimum atomic E-state index is -3.68. The van der Waals surface area contributed by atoms with E-state index in [0.717, 1.165) is 4.90 Å². The zero-order valence-corrected chi connectivity index (χ0v) is 14.7. The van der Waals surface area contributed by atoms with E-state index in [1.807, 2.05) is 24.6 Å². The number of halogens is 1. The number of sulfonamides is 1. The van der Waals surface area contributed by atoms with Crippen molar-refractivity contribution >= 4 is 50.8 Å². The Morgan fingerprint density at radius 1 is 1.00 bits per heavy atom. The predicted molar refractivity (Wildman–Crippen MR) is 92.3 cm³/mol. The van der Waals surface area contributed by atoms with E-state index in [1.165, 1.54) is 29.6 Å². The second kappa shape index (κ2) is 6.96. The summed E-state index contributed by atoms with van der Waals surface area (Å²) < 4.78 is 27.9. The fraction of sp³-hybridized carbons (Fsp3) is 0.143. The molecular weight excluding hydrogens is 346 g/mol. The molecule has 2 aromatic carbocycles. The molecule has 3 nitrogen and oxygen atoms in total. The van der Waals surface area contributed by atoms with Crippen molar-refractivity contribution in [3.8, 4) is 0 Å². The summed E-state index contributed by atoms with van der Waals surface area (Å²) in [4.78, 5) is 1.72. The van der Waals surface area contributed by atoms with Crippen LogP contribution in [0, 0.1) is 0 Å². The first kappa shape index (κ1) is 16.5. The molecule has 21 heavy (non-hydrogen) atoms. The van der Waals surface area contributed by atoms with Crippen molar-refractivity contribution in [2.75, 3.05) is 17.2 Å². The molecule has 0 bridgehead atoms. The number of thioether (sulfide) groups is 2. The molecule has 7 heteroatoms. The lowest BCUT2D eigenvalue weighted by Crippen LogP contribution is -2.14. The normalized spacial score (nSPS) is 11.4. The van der Waals surface area contributed by atoms with E-state index in [2.05, 4.69) is 4.72 Å². The maximum atomic E-state index is 12.6. The van der Waals surface area contributed by atoms with Crippen LogP contribution in [0.15, 0.2) is 57.2 Å². The fourth-order valence-corrected chi connectivity index (χ4v) is 4.88. The van der Waals surface area contributed by atoms with Crippen molar-refractivity contribution in [1.82, 2.24) is 0 Å². The number of benzene rings is 2. The topological polar surface area (TPSA) is 46.2 Å². The van der Waals surface area contributed by atoms with Crippen molar-refractivity contribution in [2.45, 2.75) is 14.7 Å². The van der Waals surface area contributed by atoms with Crippen LogP contribution in [-0.2, 0) is 10.0 Å². The average Bonchev–Trinajstić information content (AvgIpc) is 2.47. The van der Waals surface area contributed by atoms with E-state index in [4.69, 9.17) is 11.6 Å². The number of rotatable bonds is 5. The summed E-state index contributed by atoms with van der Waals surface area (Å²) in [5.41, 5.74) is 0.567. The molecule has 0 radical (unpaired) electrons. The minimum Gasteiger partial charge on any atom is -0.278 e. The van der Waals surface area contributed by atoms with Gasteiger partial charge in [-0.2, -0.15) is 0 Å². The standard InChI is InChI=1S/C14H14ClNO2S3/c1-19-12-6-4-3-5-11(12)16-21(17,18)14-9-10(15)7-8-13(14)20-2/h3-9,16H,1-2H3. The molecule has 0 fully saturated rings. The van der Waals surface area contributed by atoms with Crippen molar-refractivity contribution < 1.29 is 8.42 Å². The van der Waals surface area contributed by atoms with Gasteiger partial charge in [0.25, 0.3) is 10.0 Å². The van der Waals surface area contributed by atoms with Crippen LogP contribution in [-0.4, -0.2) is 20.9 Å². The molecule has 0 atom stereocenters. The lowest BCUT2D eigenvalue weighted by Gasteiger charge is -2.13. The molecule has 0 aliphatic heterocycles. The Hall–Kier alpha value is -0.820. The highest BCUT2D eigenvalue weighted by Gasteiger charge is 2.20. The summed E-state index contributed by atoms with van der Waals surface area (Å²) in [5, 5.41) is 0.395. The van der Waals surface area contributed by atoms with E-state index in [0.29, 0.717) is 15.6 Å². The second-order valence-corrected chi connectivity index (χ2v) is 7.88. The van der Waals surface area contributed by atoms with Gasteiger partial charge in [0.05, 0.1) is 5.69 Å². The molecule has 0 aliphatic carbocycles.